The number of para-hydroxylation sites is 1. The molecular weight excluding hydrogens is 284 g/mol. The Labute approximate surface area is 128 Å². The molecule has 2 aromatic carbocycles. The van der Waals surface area contributed by atoms with E-state index in [-0.39, 0.29) is 22.8 Å². The van der Waals surface area contributed by atoms with Crippen molar-refractivity contribution in [3.63, 3.8) is 0 Å². The smallest absolute Gasteiger partial charge is 0.342 e. The van der Waals surface area contributed by atoms with Crippen LogP contribution < -0.4 is 4.74 Å². The average molecular weight is 300 g/mol. The summed E-state index contributed by atoms with van der Waals surface area (Å²) in [5, 5.41) is 9.92. The minimum absolute atomic E-state index is 0.0490. The second-order valence-corrected chi connectivity index (χ2v) is 4.63. The summed E-state index contributed by atoms with van der Waals surface area (Å²) in [4.78, 5) is 24.2. The monoisotopic (exact) mass is 300 g/mol. The summed E-state index contributed by atoms with van der Waals surface area (Å²) in [6.07, 6.45) is -0.958. The molecule has 0 amide bonds. The van der Waals surface area contributed by atoms with Crippen LogP contribution in [0.3, 0.4) is 0 Å². The van der Waals surface area contributed by atoms with E-state index < -0.39 is 12.1 Å². The predicted octanol–water partition coefficient (Wildman–Crippen LogP) is 2.83. The van der Waals surface area contributed by atoms with Crippen LogP contribution in [0.1, 0.15) is 27.6 Å². The predicted molar refractivity (Wildman–Crippen MR) is 80.3 cm³/mol. The van der Waals surface area contributed by atoms with Gasteiger partial charge in [-0.2, -0.15) is 0 Å². The van der Waals surface area contributed by atoms with Gasteiger partial charge < -0.3 is 14.6 Å². The first kappa shape index (κ1) is 15.6. The van der Waals surface area contributed by atoms with Crippen LogP contribution in [-0.4, -0.2) is 30.1 Å². The van der Waals surface area contributed by atoms with Crippen LogP contribution >= 0.6 is 0 Å². The quantitative estimate of drug-likeness (QED) is 0.679. The second kappa shape index (κ2) is 6.76. The number of carbonyl (C=O) groups is 2. The number of ether oxygens (including phenoxy) is 2. The molecule has 0 aliphatic carbocycles. The van der Waals surface area contributed by atoms with Gasteiger partial charge >= 0.3 is 5.97 Å². The maximum Gasteiger partial charge on any atom is 0.342 e. The number of hydrogen-bond acceptors (Lipinski definition) is 5. The molecule has 0 aliphatic heterocycles. The molecule has 5 nitrogen and oxygen atoms in total. The Hall–Kier alpha value is -2.82. The summed E-state index contributed by atoms with van der Waals surface area (Å²) < 4.78 is 10.1. The number of phenolic OH excluding ortho intramolecular Hbond substituents is 1. The molecule has 22 heavy (non-hydrogen) atoms. The third-order valence-corrected chi connectivity index (χ3v) is 3.15. The van der Waals surface area contributed by atoms with Crippen molar-refractivity contribution in [3.05, 3.63) is 59.7 Å². The summed E-state index contributed by atoms with van der Waals surface area (Å²) in [6.45, 7) is 1.49. The number of Topliss-reactive ketones (excluding diaryl/α,β-unsaturated/α-hetero) is 1. The maximum atomic E-state index is 12.2. The lowest BCUT2D eigenvalue weighted by atomic mass is 10.1. The molecule has 0 unspecified atom stereocenters. The highest BCUT2D eigenvalue weighted by atomic mass is 16.5. The molecule has 0 saturated heterocycles. The van der Waals surface area contributed by atoms with E-state index in [4.69, 9.17) is 9.47 Å². The SMILES string of the molecule is COc1cccc(C(=O)O[C@@H](C)C(=O)c2ccccc2)c1O. The van der Waals surface area contributed by atoms with Crippen molar-refractivity contribution in [1.29, 1.82) is 0 Å². The minimum Gasteiger partial charge on any atom is -0.504 e. The number of esters is 1. The van der Waals surface area contributed by atoms with E-state index in [1.54, 1.807) is 36.4 Å². The first-order valence-electron chi connectivity index (χ1n) is 6.70. The second-order valence-electron chi connectivity index (χ2n) is 4.63. The van der Waals surface area contributed by atoms with Crippen LogP contribution in [0.4, 0.5) is 0 Å². The fourth-order valence-electron chi connectivity index (χ4n) is 1.97. The van der Waals surface area contributed by atoms with Crippen molar-refractivity contribution in [2.24, 2.45) is 0 Å². The van der Waals surface area contributed by atoms with Gasteiger partial charge in [-0.05, 0) is 19.1 Å². The Morgan fingerprint density at radius 2 is 1.73 bits per heavy atom. The highest BCUT2D eigenvalue weighted by Gasteiger charge is 2.23. The van der Waals surface area contributed by atoms with E-state index >= 15 is 0 Å². The van der Waals surface area contributed by atoms with Crippen molar-refractivity contribution in [3.8, 4) is 11.5 Å². The topological polar surface area (TPSA) is 72.8 Å². The Bertz CT molecular complexity index is 679. The van der Waals surface area contributed by atoms with Gasteiger partial charge in [0, 0.05) is 5.56 Å². The van der Waals surface area contributed by atoms with Crippen molar-refractivity contribution >= 4 is 11.8 Å². The van der Waals surface area contributed by atoms with Gasteiger partial charge in [0.2, 0.25) is 5.78 Å². The number of ketones is 1. The zero-order valence-corrected chi connectivity index (χ0v) is 12.3. The normalized spacial score (nSPS) is 11.5. The van der Waals surface area contributed by atoms with Crippen LogP contribution in [0.2, 0.25) is 0 Å². The van der Waals surface area contributed by atoms with Gasteiger partial charge in [-0.1, -0.05) is 36.4 Å². The number of rotatable bonds is 5. The molecule has 0 heterocycles. The maximum absolute atomic E-state index is 12.2. The van der Waals surface area contributed by atoms with E-state index in [1.165, 1.54) is 26.2 Å². The molecule has 2 aromatic rings. The molecule has 1 N–H and O–H groups in total. The zero-order valence-electron chi connectivity index (χ0n) is 12.3. The molecule has 0 radical (unpaired) electrons. The third-order valence-electron chi connectivity index (χ3n) is 3.15. The fourth-order valence-corrected chi connectivity index (χ4v) is 1.97. The summed E-state index contributed by atoms with van der Waals surface area (Å²) in [5.74, 6) is -1.24. The molecule has 0 spiro atoms. The lowest BCUT2D eigenvalue weighted by molar-refractivity contribution is 0.0315. The van der Waals surface area contributed by atoms with Crippen LogP contribution in [0.15, 0.2) is 48.5 Å². The standard InChI is InChI=1S/C17H16O5/c1-11(15(18)12-7-4-3-5-8-12)22-17(20)13-9-6-10-14(21-2)16(13)19/h3-11,19H,1-2H3/t11-/m0/s1. The van der Waals surface area contributed by atoms with Crippen molar-refractivity contribution < 1.29 is 24.2 Å². The summed E-state index contributed by atoms with van der Waals surface area (Å²) in [6, 6.07) is 13.0. The zero-order chi connectivity index (χ0) is 16.1. The number of aromatic hydroxyl groups is 1. The van der Waals surface area contributed by atoms with Crippen molar-refractivity contribution in [1.82, 2.24) is 0 Å². The molecule has 0 fully saturated rings. The Balaban J connectivity index is 2.14. The largest absolute Gasteiger partial charge is 0.504 e. The van der Waals surface area contributed by atoms with E-state index in [0.717, 1.165) is 0 Å². The van der Waals surface area contributed by atoms with E-state index in [0.29, 0.717) is 5.56 Å². The lowest BCUT2D eigenvalue weighted by Crippen LogP contribution is -2.24. The van der Waals surface area contributed by atoms with Gasteiger partial charge in [-0.15, -0.1) is 0 Å². The molecule has 1 atom stereocenters. The van der Waals surface area contributed by atoms with Crippen LogP contribution in [0, 0.1) is 0 Å². The molecule has 0 bridgehead atoms. The Morgan fingerprint density at radius 1 is 1.05 bits per heavy atom. The van der Waals surface area contributed by atoms with Crippen molar-refractivity contribution in [2.75, 3.05) is 7.11 Å². The average Bonchev–Trinajstić information content (AvgIpc) is 2.55. The fraction of sp³-hybridized carbons (Fsp3) is 0.176. The summed E-state index contributed by atoms with van der Waals surface area (Å²) in [7, 11) is 1.38. The van der Waals surface area contributed by atoms with Gasteiger partial charge in [0.05, 0.1) is 7.11 Å². The van der Waals surface area contributed by atoms with Crippen molar-refractivity contribution in [2.45, 2.75) is 13.0 Å². The van der Waals surface area contributed by atoms with E-state index in [1.807, 2.05) is 0 Å². The van der Waals surface area contributed by atoms with Gasteiger partial charge in [-0.3, -0.25) is 4.79 Å². The van der Waals surface area contributed by atoms with Gasteiger partial charge in [0.15, 0.2) is 17.6 Å². The number of carbonyl (C=O) groups excluding carboxylic acids is 2. The molecule has 5 heteroatoms. The van der Waals surface area contributed by atoms with Crippen LogP contribution in [0.5, 0.6) is 11.5 Å². The summed E-state index contributed by atoms with van der Waals surface area (Å²) >= 11 is 0. The highest BCUT2D eigenvalue weighted by molar-refractivity contribution is 6.02. The number of methoxy groups -OCH3 is 1. The third kappa shape index (κ3) is 3.25. The molecule has 0 aliphatic rings. The lowest BCUT2D eigenvalue weighted by Gasteiger charge is -2.13. The summed E-state index contributed by atoms with van der Waals surface area (Å²) in [5.41, 5.74) is 0.407. The molecule has 114 valence electrons. The van der Waals surface area contributed by atoms with E-state index in [2.05, 4.69) is 0 Å². The van der Waals surface area contributed by atoms with Gasteiger partial charge in [-0.25, -0.2) is 4.79 Å². The first-order chi connectivity index (χ1) is 10.5. The van der Waals surface area contributed by atoms with E-state index in [9.17, 15) is 14.7 Å². The Kier molecular flexibility index (Phi) is 4.78. The molecule has 2 rings (SSSR count). The van der Waals surface area contributed by atoms with Crippen LogP contribution in [-0.2, 0) is 4.74 Å². The number of benzene rings is 2. The molecule has 0 aromatic heterocycles. The van der Waals surface area contributed by atoms with Crippen LogP contribution in [0.25, 0.3) is 0 Å². The minimum atomic E-state index is -0.958. The van der Waals surface area contributed by atoms with Gasteiger partial charge in [0.1, 0.15) is 5.56 Å². The number of phenols is 1. The number of hydrogen-bond donors (Lipinski definition) is 1. The first-order valence-corrected chi connectivity index (χ1v) is 6.70. The van der Waals surface area contributed by atoms with Gasteiger partial charge in [0.25, 0.3) is 0 Å². The Morgan fingerprint density at radius 3 is 2.36 bits per heavy atom. The molecular formula is C17H16O5. The highest BCUT2D eigenvalue weighted by Crippen LogP contribution is 2.30. The molecule has 0 saturated carbocycles.